The minimum absolute atomic E-state index is 0.119. The summed E-state index contributed by atoms with van der Waals surface area (Å²) in [5.74, 6) is -0.225. The molecule has 2 fully saturated rings. The summed E-state index contributed by atoms with van der Waals surface area (Å²) in [6, 6.07) is 0. The lowest BCUT2D eigenvalue weighted by atomic mass is 9.87. The molecule has 1 aliphatic heterocycles. The quantitative estimate of drug-likeness (QED) is 0.324. The first-order valence-corrected chi connectivity index (χ1v) is 12.6. The van der Waals surface area contributed by atoms with E-state index in [1.165, 1.54) is 0 Å². The predicted molar refractivity (Wildman–Crippen MR) is 124 cm³/mol. The summed E-state index contributed by atoms with van der Waals surface area (Å²) >= 11 is 0. The summed E-state index contributed by atoms with van der Waals surface area (Å²) in [6.07, 6.45) is 13.9. The lowest BCUT2D eigenvalue weighted by Crippen LogP contribution is -2.32. The molecule has 7 atom stereocenters. The molecule has 0 radical (unpaired) electrons. The zero-order valence-corrected chi connectivity index (χ0v) is 19.8. The van der Waals surface area contributed by atoms with Crippen molar-refractivity contribution in [1.82, 2.24) is 0 Å². The molecular formula is C26H43FO5. The van der Waals surface area contributed by atoms with E-state index in [1.807, 2.05) is 18.2 Å². The number of hydrogen-bond acceptors (Lipinski definition) is 4. The van der Waals surface area contributed by atoms with Crippen molar-refractivity contribution in [3.63, 3.8) is 0 Å². The number of ether oxygens (including phenoxy) is 2. The number of aliphatic hydroxyl groups is 1. The lowest BCUT2D eigenvalue weighted by molar-refractivity contribution is -0.201. The first-order valence-electron chi connectivity index (χ1n) is 12.6. The smallest absolute Gasteiger partial charge is 0.332 e. The first-order chi connectivity index (χ1) is 15.4. The van der Waals surface area contributed by atoms with E-state index < -0.39 is 24.5 Å². The van der Waals surface area contributed by atoms with Gasteiger partial charge in [-0.3, -0.25) is 0 Å². The second kappa shape index (κ2) is 14.8. The fraction of sp³-hybridized carbons (Fsp3) is 0.808. The maximum atomic E-state index is 13.9. The molecule has 32 heavy (non-hydrogen) atoms. The first kappa shape index (κ1) is 27.0. The highest BCUT2D eigenvalue weighted by Gasteiger charge is 2.37. The fourth-order valence-corrected chi connectivity index (χ4v) is 4.84. The summed E-state index contributed by atoms with van der Waals surface area (Å²) in [5.41, 5.74) is 0. The van der Waals surface area contributed by atoms with Gasteiger partial charge in [0.15, 0.2) is 12.4 Å². The molecule has 2 aliphatic rings. The van der Waals surface area contributed by atoms with Gasteiger partial charge in [-0.1, -0.05) is 51.0 Å². The van der Waals surface area contributed by atoms with Gasteiger partial charge >= 0.3 is 5.97 Å². The molecule has 0 aromatic heterocycles. The Labute approximate surface area is 193 Å². The van der Waals surface area contributed by atoms with Gasteiger partial charge in [0.1, 0.15) is 6.17 Å². The molecule has 0 bridgehead atoms. The molecule has 2 unspecified atom stereocenters. The Kier molecular flexibility index (Phi) is 12.5. The Morgan fingerprint density at radius 1 is 1.25 bits per heavy atom. The van der Waals surface area contributed by atoms with Gasteiger partial charge in [0.05, 0.1) is 6.10 Å². The molecule has 1 saturated carbocycles. The predicted octanol–water partition coefficient (Wildman–Crippen LogP) is 5.82. The van der Waals surface area contributed by atoms with Crippen molar-refractivity contribution in [1.29, 1.82) is 0 Å². The van der Waals surface area contributed by atoms with Crippen molar-refractivity contribution in [3.8, 4) is 0 Å². The van der Waals surface area contributed by atoms with Gasteiger partial charge in [-0.25, -0.2) is 9.18 Å². The molecular weight excluding hydrogens is 411 g/mol. The van der Waals surface area contributed by atoms with E-state index in [-0.39, 0.29) is 17.9 Å². The lowest BCUT2D eigenvalue weighted by Gasteiger charge is -2.25. The van der Waals surface area contributed by atoms with Gasteiger partial charge in [-0.05, 0) is 75.5 Å². The van der Waals surface area contributed by atoms with E-state index in [1.54, 1.807) is 0 Å². The normalized spacial score (nSPS) is 30.8. The SMILES string of the molecule is CCCC[C@H](F)CC=C[C@@H]1[C@@H](CC=CCCC(OC2CCCCO2)C(=O)O)[C@@H](O)C[C@H]1C. The van der Waals surface area contributed by atoms with Gasteiger partial charge < -0.3 is 19.7 Å². The molecule has 1 saturated heterocycles. The largest absolute Gasteiger partial charge is 0.479 e. The summed E-state index contributed by atoms with van der Waals surface area (Å²) in [4.78, 5) is 11.5. The van der Waals surface area contributed by atoms with Gasteiger partial charge in [-0.2, -0.15) is 0 Å². The van der Waals surface area contributed by atoms with Crippen LogP contribution in [0.5, 0.6) is 0 Å². The van der Waals surface area contributed by atoms with E-state index in [2.05, 4.69) is 19.9 Å². The van der Waals surface area contributed by atoms with Gasteiger partial charge in [0.2, 0.25) is 0 Å². The van der Waals surface area contributed by atoms with Gasteiger partial charge in [-0.15, -0.1) is 0 Å². The van der Waals surface area contributed by atoms with E-state index >= 15 is 0 Å². The highest BCUT2D eigenvalue weighted by Crippen LogP contribution is 2.40. The minimum atomic E-state index is -0.956. The van der Waals surface area contributed by atoms with Crippen molar-refractivity contribution >= 4 is 5.97 Å². The third-order valence-corrected chi connectivity index (χ3v) is 6.78. The van der Waals surface area contributed by atoms with Crippen molar-refractivity contribution in [2.24, 2.45) is 17.8 Å². The molecule has 0 aromatic rings. The van der Waals surface area contributed by atoms with Crippen LogP contribution in [0.4, 0.5) is 4.39 Å². The van der Waals surface area contributed by atoms with Crippen molar-refractivity contribution in [2.75, 3.05) is 6.61 Å². The number of halogens is 1. The zero-order valence-electron chi connectivity index (χ0n) is 19.8. The number of hydrogen-bond donors (Lipinski definition) is 2. The van der Waals surface area contributed by atoms with E-state index in [9.17, 15) is 19.4 Å². The highest BCUT2D eigenvalue weighted by atomic mass is 19.1. The third kappa shape index (κ3) is 9.32. The molecule has 0 spiro atoms. The maximum absolute atomic E-state index is 13.9. The van der Waals surface area contributed by atoms with Gasteiger partial charge in [0, 0.05) is 6.61 Å². The van der Waals surface area contributed by atoms with Crippen molar-refractivity contribution < 1.29 is 28.9 Å². The number of allylic oxidation sites excluding steroid dienone is 4. The van der Waals surface area contributed by atoms with E-state index in [0.717, 1.165) is 44.9 Å². The molecule has 2 N–H and O–H groups in total. The van der Waals surface area contributed by atoms with Crippen molar-refractivity contribution in [2.45, 2.75) is 109 Å². The molecule has 0 amide bonds. The fourth-order valence-electron chi connectivity index (χ4n) is 4.84. The van der Waals surface area contributed by atoms with Crippen LogP contribution in [0.3, 0.4) is 0 Å². The number of aliphatic hydroxyl groups excluding tert-OH is 1. The topological polar surface area (TPSA) is 76.0 Å². The average Bonchev–Trinajstić information content (AvgIpc) is 3.04. The number of rotatable bonds is 14. The maximum Gasteiger partial charge on any atom is 0.332 e. The molecule has 0 aromatic carbocycles. The molecule has 2 rings (SSSR count). The average molecular weight is 455 g/mol. The minimum Gasteiger partial charge on any atom is -0.479 e. The van der Waals surface area contributed by atoms with Crippen LogP contribution in [-0.4, -0.2) is 47.5 Å². The number of carboxylic acids is 1. The number of unbranched alkanes of at least 4 members (excludes halogenated alkanes) is 1. The number of aliphatic carboxylic acids is 1. The Morgan fingerprint density at radius 2 is 2.06 bits per heavy atom. The molecule has 6 heteroatoms. The van der Waals surface area contributed by atoms with Crippen LogP contribution in [0, 0.1) is 17.8 Å². The second-order valence-corrected chi connectivity index (χ2v) is 9.47. The van der Waals surface area contributed by atoms with Crippen LogP contribution in [0.15, 0.2) is 24.3 Å². The van der Waals surface area contributed by atoms with Crippen LogP contribution in [0.1, 0.15) is 84.5 Å². The summed E-state index contributed by atoms with van der Waals surface area (Å²) < 4.78 is 25.0. The number of carbonyl (C=O) groups is 1. The van der Waals surface area contributed by atoms with Crippen LogP contribution >= 0.6 is 0 Å². The van der Waals surface area contributed by atoms with E-state index in [0.29, 0.717) is 38.2 Å². The van der Waals surface area contributed by atoms with E-state index in [4.69, 9.17) is 9.47 Å². The Balaban J connectivity index is 1.78. The summed E-state index contributed by atoms with van der Waals surface area (Å²) in [7, 11) is 0. The summed E-state index contributed by atoms with van der Waals surface area (Å²) in [5, 5.41) is 19.9. The molecule has 184 valence electrons. The standard InChI is InChI=1S/C26H43FO5/c1-3-4-11-20(27)12-10-14-21-19(2)18-23(28)22(21)13-6-5-7-15-24(26(29)30)32-25-16-8-9-17-31-25/h5-6,10,14,19-25,28H,3-4,7-9,11-13,15-18H2,1-2H3,(H,29,30)/t19-,20+,21+,22-,23+,24?,25?/m1/s1. The van der Waals surface area contributed by atoms with Crippen molar-refractivity contribution in [3.05, 3.63) is 24.3 Å². The van der Waals surface area contributed by atoms with Crippen LogP contribution in [-0.2, 0) is 14.3 Å². The zero-order chi connectivity index (χ0) is 23.3. The number of carboxylic acid groups (broad SMARTS) is 1. The number of alkyl halides is 1. The second-order valence-electron chi connectivity index (χ2n) is 9.47. The Morgan fingerprint density at radius 3 is 2.75 bits per heavy atom. The van der Waals surface area contributed by atoms with Crippen LogP contribution < -0.4 is 0 Å². The van der Waals surface area contributed by atoms with Crippen LogP contribution in [0.25, 0.3) is 0 Å². The van der Waals surface area contributed by atoms with Crippen LogP contribution in [0.2, 0.25) is 0 Å². The monoisotopic (exact) mass is 454 g/mol. The van der Waals surface area contributed by atoms with Gasteiger partial charge in [0.25, 0.3) is 0 Å². The highest BCUT2D eigenvalue weighted by molar-refractivity contribution is 5.72. The summed E-state index contributed by atoms with van der Waals surface area (Å²) in [6.45, 7) is 4.84. The Hall–Kier alpha value is -1.24. The molecule has 5 nitrogen and oxygen atoms in total. The molecule has 1 aliphatic carbocycles. The Bertz CT molecular complexity index is 587. The third-order valence-electron chi connectivity index (χ3n) is 6.78. The molecule has 1 heterocycles.